The van der Waals surface area contributed by atoms with Crippen molar-refractivity contribution in [2.75, 3.05) is 0 Å². The van der Waals surface area contributed by atoms with Gasteiger partial charge in [-0.05, 0) is 79.3 Å². The summed E-state index contributed by atoms with van der Waals surface area (Å²) in [6, 6.07) is 11.7. The Hall–Kier alpha value is -2.54. The third-order valence-corrected chi connectivity index (χ3v) is 5.57. The Morgan fingerprint density at radius 3 is 2.28 bits per heavy atom. The van der Waals surface area contributed by atoms with Gasteiger partial charge >= 0.3 is 6.18 Å². The van der Waals surface area contributed by atoms with Gasteiger partial charge < -0.3 is 0 Å². The Labute approximate surface area is 169 Å². The van der Waals surface area contributed by atoms with Crippen molar-refractivity contribution in [3.63, 3.8) is 0 Å². The molecule has 0 heterocycles. The van der Waals surface area contributed by atoms with E-state index >= 15 is 0 Å². The molecule has 1 aliphatic carbocycles. The molecule has 2 aromatic rings. The number of hydrogen-bond acceptors (Lipinski definition) is 0. The molecular weight excluding hydrogens is 376 g/mol. The number of hydrogen-bond donors (Lipinski definition) is 0. The lowest BCUT2D eigenvalue weighted by molar-refractivity contribution is -0.140. The lowest BCUT2D eigenvalue weighted by Gasteiger charge is -2.27. The van der Waals surface area contributed by atoms with Crippen LogP contribution >= 0.6 is 0 Å². The first kappa shape index (κ1) is 21.2. The summed E-state index contributed by atoms with van der Waals surface area (Å²) >= 11 is 0. The minimum Gasteiger partial charge on any atom is -0.206 e. The van der Waals surface area contributed by atoms with Crippen molar-refractivity contribution in [3.8, 4) is 11.8 Å². The van der Waals surface area contributed by atoms with E-state index in [1.54, 1.807) is 6.08 Å². The van der Waals surface area contributed by atoms with Gasteiger partial charge in [0.1, 0.15) is 5.82 Å². The van der Waals surface area contributed by atoms with Gasteiger partial charge in [-0.3, -0.25) is 0 Å². The van der Waals surface area contributed by atoms with Gasteiger partial charge in [0.05, 0.1) is 5.56 Å². The number of halogens is 4. The lowest BCUT2D eigenvalue weighted by Crippen LogP contribution is -2.11. The van der Waals surface area contributed by atoms with E-state index in [9.17, 15) is 17.6 Å². The topological polar surface area (TPSA) is 0 Å². The molecular formula is C25H24F4. The van der Waals surface area contributed by atoms with E-state index in [-0.39, 0.29) is 5.56 Å². The van der Waals surface area contributed by atoms with Gasteiger partial charge in [0.15, 0.2) is 0 Å². The summed E-state index contributed by atoms with van der Waals surface area (Å²) in [5.74, 6) is 5.29. The first-order chi connectivity index (χ1) is 13.9. The zero-order valence-corrected chi connectivity index (χ0v) is 16.4. The monoisotopic (exact) mass is 400 g/mol. The fraction of sp³-hybridized carbons (Fsp3) is 0.360. The van der Waals surface area contributed by atoms with Gasteiger partial charge in [0.2, 0.25) is 0 Å². The van der Waals surface area contributed by atoms with E-state index in [1.807, 2.05) is 0 Å². The molecule has 2 aromatic carbocycles. The molecule has 0 atom stereocenters. The average molecular weight is 400 g/mol. The molecule has 0 saturated heterocycles. The minimum atomic E-state index is -4.69. The minimum absolute atomic E-state index is 0.236. The van der Waals surface area contributed by atoms with E-state index in [1.165, 1.54) is 17.2 Å². The number of rotatable bonds is 3. The maximum atomic E-state index is 13.6. The molecule has 29 heavy (non-hydrogen) atoms. The number of benzene rings is 2. The van der Waals surface area contributed by atoms with Crippen molar-refractivity contribution in [2.45, 2.75) is 51.1 Å². The van der Waals surface area contributed by atoms with Crippen LogP contribution in [-0.2, 0) is 12.6 Å². The Kier molecular flexibility index (Phi) is 6.79. The van der Waals surface area contributed by atoms with Crippen LogP contribution in [0.4, 0.5) is 17.6 Å². The van der Waals surface area contributed by atoms with Crippen LogP contribution in [0.1, 0.15) is 60.8 Å². The van der Waals surface area contributed by atoms with Gasteiger partial charge in [0, 0.05) is 5.56 Å². The van der Waals surface area contributed by atoms with Crippen LogP contribution in [0.2, 0.25) is 0 Å². The molecule has 0 N–H and O–H groups in total. The van der Waals surface area contributed by atoms with Gasteiger partial charge in [-0.25, -0.2) is 4.39 Å². The van der Waals surface area contributed by atoms with Crippen molar-refractivity contribution in [3.05, 3.63) is 82.7 Å². The van der Waals surface area contributed by atoms with Gasteiger partial charge in [-0.1, -0.05) is 49.1 Å². The predicted molar refractivity (Wildman–Crippen MR) is 108 cm³/mol. The Morgan fingerprint density at radius 1 is 1.00 bits per heavy atom. The van der Waals surface area contributed by atoms with Crippen molar-refractivity contribution in [1.29, 1.82) is 0 Å². The van der Waals surface area contributed by atoms with Crippen LogP contribution in [0, 0.1) is 23.6 Å². The second-order valence-corrected chi connectivity index (χ2v) is 7.53. The molecule has 0 spiro atoms. The second kappa shape index (κ2) is 9.31. The highest BCUT2D eigenvalue weighted by Gasteiger charge is 2.33. The van der Waals surface area contributed by atoms with E-state index < -0.39 is 17.6 Å². The summed E-state index contributed by atoms with van der Waals surface area (Å²) in [5, 5.41) is 0. The summed E-state index contributed by atoms with van der Waals surface area (Å²) in [6.07, 6.45) is 4.61. The summed E-state index contributed by atoms with van der Waals surface area (Å²) in [4.78, 5) is 0. The zero-order valence-electron chi connectivity index (χ0n) is 16.4. The quantitative estimate of drug-likeness (QED) is 0.375. The largest absolute Gasteiger partial charge is 0.419 e. The second-order valence-electron chi connectivity index (χ2n) is 7.53. The molecule has 0 unspecified atom stereocenters. The zero-order chi connectivity index (χ0) is 20.9. The normalized spacial score (nSPS) is 19.8. The molecule has 3 rings (SSSR count). The third kappa shape index (κ3) is 5.73. The molecule has 1 fully saturated rings. The SMILES string of the molecule is CCc1ccc([C@H]2CC[C@H](/C=C/C#Cc3ccc(C(F)(F)F)c(F)c3)CC2)cc1. The molecule has 1 aliphatic rings. The fourth-order valence-corrected chi connectivity index (χ4v) is 3.80. The van der Waals surface area contributed by atoms with E-state index in [0.29, 0.717) is 11.8 Å². The predicted octanol–water partition coefficient (Wildman–Crippen LogP) is 7.29. The van der Waals surface area contributed by atoms with Gasteiger partial charge in [0.25, 0.3) is 0 Å². The van der Waals surface area contributed by atoms with Crippen molar-refractivity contribution >= 4 is 0 Å². The Balaban J connectivity index is 1.53. The smallest absolute Gasteiger partial charge is 0.206 e. The van der Waals surface area contributed by atoms with Crippen molar-refractivity contribution in [1.82, 2.24) is 0 Å². The molecule has 1 saturated carbocycles. The first-order valence-corrected chi connectivity index (χ1v) is 10.0. The molecule has 152 valence electrons. The molecule has 0 amide bonds. The molecule has 0 aliphatic heterocycles. The Bertz CT molecular complexity index is 903. The molecule has 0 bridgehead atoms. The average Bonchev–Trinajstić information content (AvgIpc) is 2.71. The fourth-order valence-electron chi connectivity index (χ4n) is 3.80. The number of alkyl halides is 3. The van der Waals surface area contributed by atoms with Crippen LogP contribution in [0.25, 0.3) is 0 Å². The van der Waals surface area contributed by atoms with E-state index in [4.69, 9.17) is 0 Å². The van der Waals surface area contributed by atoms with Crippen LogP contribution < -0.4 is 0 Å². The number of aryl methyl sites for hydroxylation is 1. The standard InChI is InChI=1S/C25H24F4/c1-2-18-7-12-21(13-8-18)22-14-9-19(10-15-22)5-3-4-6-20-11-16-23(24(26)17-20)25(27,28)29/h3,5,7-8,11-13,16-17,19,22H,2,9-10,14-15H2,1H3/b5-3+/t19-,22-. The molecule has 4 heteroatoms. The van der Waals surface area contributed by atoms with Crippen LogP contribution in [0.15, 0.2) is 54.6 Å². The van der Waals surface area contributed by atoms with E-state index in [0.717, 1.165) is 44.2 Å². The summed E-state index contributed by atoms with van der Waals surface area (Å²) in [7, 11) is 0. The van der Waals surface area contributed by atoms with E-state index in [2.05, 4.69) is 49.1 Å². The summed E-state index contributed by atoms with van der Waals surface area (Å²) in [6.45, 7) is 2.16. The molecule has 0 nitrogen and oxygen atoms in total. The first-order valence-electron chi connectivity index (χ1n) is 10.0. The Morgan fingerprint density at radius 2 is 1.69 bits per heavy atom. The van der Waals surface area contributed by atoms with Crippen molar-refractivity contribution < 1.29 is 17.6 Å². The highest BCUT2D eigenvalue weighted by Crippen LogP contribution is 2.36. The van der Waals surface area contributed by atoms with Crippen LogP contribution in [0.3, 0.4) is 0 Å². The van der Waals surface area contributed by atoms with Crippen LogP contribution in [-0.4, -0.2) is 0 Å². The van der Waals surface area contributed by atoms with Crippen molar-refractivity contribution in [2.24, 2.45) is 5.92 Å². The number of allylic oxidation sites excluding steroid dienone is 2. The maximum Gasteiger partial charge on any atom is 0.419 e. The molecule has 0 aromatic heterocycles. The van der Waals surface area contributed by atoms with Gasteiger partial charge in [-0.2, -0.15) is 13.2 Å². The summed E-state index contributed by atoms with van der Waals surface area (Å²) in [5.41, 5.74) is 1.74. The maximum absolute atomic E-state index is 13.6. The van der Waals surface area contributed by atoms with Crippen LogP contribution in [0.5, 0.6) is 0 Å². The summed E-state index contributed by atoms with van der Waals surface area (Å²) < 4.78 is 51.3. The molecule has 0 radical (unpaired) electrons. The van der Waals surface area contributed by atoms with Gasteiger partial charge in [-0.15, -0.1) is 0 Å². The highest BCUT2D eigenvalue weighted by molar-refractivity contribution is 5.40. The lowest BCUT2D eigenvalue weighted by atomic mass is 9.78. The third-order valence-electron chi connectivity index (χ3n) is 5.57. The highest BCUT2D eigenvalue weighted by atomic mass is 19.4.